The summed E-state index contributed by atoms with van der Waals surface area (Å²) in [5.41, 5.74) is -4.91. The van der Waals surface area contributed by atoms with Gasteiger partial charge in [-0.1, -0.05) is 13.8 Å². The fourth-order valence-electron chi connectivity index (χ4n) is 8.53. The summed E-state index contributed by atoms with van der Waals surface area (Å²) in [5, 5.41) is 23.2. The zero-order valence-electron chi connectivity index (χ0n) is 15.6. The highest BCUT2D eigenvalue weighted by molar-refractivity contribution is 6.13. The van der Waals surface area contributed by atoms with Gasteiger partial charge in [0.15, 0.2) is 5.78 Å². The molecule has 2 bridgehead atoms. The van der Waals surface area contributed by atoms with Gasteiger partial charge in [-0.2, -0.15) is 0 Å². The van der Waals surface area contributed by atoms with Crippen LogP contribution in [0.15, 0.2) is 0 Å². The van der Waals surface area contributed by atoms with Gasteiger partial charge in [0.25, 0.3) is 0 Å². The Balaban J connectivity index is 1.91. The van der Waals surface area contributed by atoms with Crippen molar-refractivity contribution < 1.29 is 24.5 Å². The van der Waals surface area contributed by atoms with E-state index in [9.17, 15) is 19.8 Å². The zero-order valence-corrected chi connectivity index (χ0v) is 15.6. The van der Waals surface area contributed by atoms with Gasteiger partial charge in [0, 0.05) is 5.92 Å². The van der Waals surface area contributed by atoms with E-state index in [4.69, 9.17) is 4.74 Å². The number of ketones is 2. The zero-order chi connectivity index (χ0) is 18.4. The van der Waals surface area contributed by atoms with E-state index in [0.29, 0.717) is 6.42 Å². The van der Waals surface area contributed by atoms with E-state index in [0.717, 1.165) is 12.8 Å². The van der Waals surface area contributed by atoms with Crippen molar-refractivity contribution in [3.05, 3.63) is 0 Å². The summed E-state index contributed by atoms with van der Waals surface area (Å²) in [6.07, 6.45) is 2.37. The molecule has 0 aromatic rings. The van der Waals surface area contributed by atoms with Crippen molar-refractivity contribution in [1.29, 1.82) is 0 Å². The fraction of sp³-hybridized carbons (Fsp3) is 0.900. The number of hydrogen-bond donors (Lipinski definition) is 2. The number of rotatable bonds is 0. The Kier molecular flexibility index (Phi) is 2.56. The molecule has 1 heterocycles. The minimum atomic E-state index is -2.22. The molecule has 4 saturated carbocycles. The lowest BCUT2D eigenvalue weighted by Crippen LogP contribution is -2.78. The molecule has 1 spiro atoms. The molecule has 2 N–H and O–H groups in total. The van der Waals surface area contributed by atoms with Crippen LogP contribution in [0, 0.1) is 40.4 Å². The summed E-state index contributed by atoms with van der Waals surface area (Å²) in [4.78, 5) is 27.6. The molecule has 138 valence electrons. The summed E-state index contributed by atoms with van der Waals surface area (Å²) < 4.78 is 5.95. The second-order valence-electron chi connectivity index (χ2n) is 10.2. The SMILES string of the molecule is CC1CC2C3C(C)(C)OC4(O)C(=O)C5(O)C(C)CCC1C25C(=O)C34C. The molecule has 5 rings (SSSR count). The first-order valence-corrected chi connectivity index (χ1v) is 9.66. The van der Waals surface area contributed by atoms with E-state index in [2.05, 4.69) is 6.92 Å². The molecule has 0 aromatic carbocycles. The molecule has 25 heavy (non-hydrogen) atoms. The second kappa shape index (κ2) is 3.90. The predicted octanol–water partition coefficient (Wildman–Crippen LogP) is 1.69. The van der Waals surface area contributed by atoms with E-state index in [1.807, 2.05) is 20.8 Å². The summed E-state index contributed by atoms with van der Waals surface area (Å²) in [7, 11) is 0. The first-order chi connectivity index (χ1) is 11.4. The van der Waals surface area contributed by atoms with E-state index in [-0.39, 0.29) is 35.4 Å². The molecule has 5 heteroatoms. The van der Waals surface area contributed by atoms with Crippen molar-refractivity contribution in [3.8, 4) is 0 Å². The van der Waals surface area contributed by atoms with Crippen LogP contribution in [-0.4, -0.2) is 38.8 Å². The third-order valence-electron chi connectivity index (χ3n) is 9.13. The Morgan fingerprint density at radius 2 is 1.64 bits per heavy atom. The molecule has 9 atom stereocenters. The van der Waals surface area contributed by atoms with Crippen LogP contribution in [0.2, 0.25) is 0 Å². The maximum atomic E-state index is 14.0. The largest absolute Gasteiger partial charge is 0.380 e. The second-order valence-corrected chi connectivity index (χ2v) is 10.2. The van der Waals surface area contributed by atoms with E-state index in [1.54, 1.807) is 6.92 Å². The highest BCUT2D eigenvalue weighted by Crippen LogP contribution is 2.81. The van der Waals surface area contributed by atoms with Gasteiger partial charge in [-0.05, 0) is 63.7 Å². The average Bonchev–Trinajstić information content (AvgIpc) is 2.96. The quantitative estimate of drug-likeness (QED) is 0.696. The third-order valence-corrected chi connectivity index (χ3v) is 9.13. The average molecular weight is 348 g/mol. The van der Waals surface area contributed by atoms with Gasteiger partial charge < -0.3 is 14.9 Å². The number of aliphatic hydroxyl groups is 2. The normalized spacial score (nSPS) is 63.9. The Bertz CT molecular complexity index is 730. The van der Waals surface area contributed by atoms with E-state index >= 15 is 0 Å². The standard InChI is InChI=1S/C20H28O5/c1-9-8-12-13-16(3,4)25-20(24)15(22)19(23)10(2)6-7-11(9)18(12,19)14(21)17(13,20)5/h9-13,23-24H,6-8H2,1-5H3. The molecule has 0 radical (unpaired) electrons. The van der Waals surface area contributed by atoms with Gasteiger partial charge in [-0.3, -0.25) is 9.59 Å². The van der Waals surface area contributed by atoms with Gasteiger partial charge in [0.2, 0.25) is 11.6 Å². The minimum absolute atomic E-state index is 0.0120. The molecule has 1 aliphatic heterocycles. The van der Waals surface area contributed by atoms with Crippen LogP contribution < -0.4 is 0 Å². The van der Waals surface area contributed by atoms with Crippen LogP contribution >= 0.6 is 0 Å². The number of carbonyl (C=O) groups excluding carboxylic acids is 2. The highest BCUT2D eigenvalue weighted by Gasteiger charge is 2.94. The monoisotopic (exact) mass is 348 g/mol. The Labute approximate surface area is 148 Å². The molecular formula is C20H28O5. The van der Waals surface area contributed by atoms with Gasteiger partial charge in [-0.15, -0.1) is 0 Å². The molecule has 9 unspecified atom stereocenters. The van der Waals surface area contributed by atoms with Crippen molar-refractivity contribution in [1.82, 2.24) is 0 Å². The first kappa shape index (κ1) is 16.4. The lowest BCUT2D eigenvalue weighted by atomic mass is 9.45. The molecule has 5 nitrogen and oxygen atoms in total. The van der Waals surface area contributed by atoms with E-state index < -0.39 is 33.6 Å². The number of Topliss-reactive ketones (excluding diaryl/α,β-unsaturated/α-hetero) is 2. The number of fused-ring (bicyclic) bond motifs is 1. The van der Waals surface area contributed by atoms with Crippen molar-refractivity contribution in [2.75, 3.05) is 0 Å². The predicted molar refractivity (Wildman–Crippen MR) is 88.3 cm³/mol. The first-order valence-electron chi connectivity index (χ1n) is 9.66. The maximum absolute atomic E-state index is 14.0. The van der Waals surface area contributed by atoms with E-state index in [1.165, 1.54) is 0 Å². The minimum Gasteiger partial charge on any atom is -0.380 e. The van der Waals surface area contributed by atoms with Gasteiger partial charge in [0.1, 0.15) is 5.60 Å². The number of carbonyl (C=O) groups is 2. The van der Waals surface area contributed by atoms with Crippen LogP contribution in [-0.2, 0) is 14.3 Å². The molecule has 4 aliphatic carbocycles. The van der Waals surface area contributed by atoms with Crippen LogP contribution in [0.25, 0.3) is 0 Å². The summed E-state index contributed by atoms with van der Waals surface area (Å²) in [6.45, 7) is 9.46. The van der Waals surface area contributed by atoms with Crippen molar-refractivity contribution >= 4 is 11.6 Å². The molecule has 1 saturated heterocycles. The van der Waals surface area contributed by atoms with Gasteiger partial charge in [-0.25, -0.2) is 0 Å². The lowest BCUT2D eigenvalue weighted by Gasteiger charge is -2.60. The highest BCUT2D eigenvalue weighted by atomic mass is 16.7. The summed E-state index contributed by atoms with van der Waals surface area (Å²) in [6, 6.07) is 0. The Morgan fingerprint density at radius 3 is 2.28 bits per heavy atom. The van der Waals surface area contributed by atoms with Gasteiger partial charge in [0.05, 0.1) is 16.4 Å². The van der Waals surface area contributed by atoms with Crippen LogP contribution in [0.5, 0.6) is 0 Å². The molecular weight excluding hydrogens is 320 g/mol. The third kappa shape index (κ3) is 1.18. The number of hydrogen-bond acceptors (Lipinski definition) is 5. The molecule has 5 aliphatic rings. The summed E-state index contributed by atoms with van der Waals surface area (Å²) >= 11 is 0. The van der Waals surface area contributed by atoms with Crippen molar-refractivity contribution in [2.24, 2.45) is 40.4 Å². The maximum Gasteiger partial charge on any atom is 0.243 e. The lowest BCUT2D eigenvalue weighted by molar-refractivity contribution is -0.283. The van der Waals surface area contributed by atoms with Crippen molar-refractivity contribution in [2.45, 2.75) is 70.9 Å². The Hall–Kier alpha value is -0.780. The number of ether oxygens (including phenoxy) is 1. The van der Waals surface area contributed by atoms with Crippen LogP contribution in [0.1, 0.15) is 53.9 Å². The Morgan fingerprint density at radius 1 is 1.00 bits per heavy atom. The molecule has 0 amide bonds. The summed E-state index contributed by atoms with van der Waals surface area (Å²) in [5.74, 6) is -3.43. The molecule has 0 aromatic heterocycles. The van der Waals surface area contributed by atoms with Crippen molar-refractivity contribution in [3.63, 3.8) is 0 Å². The topological polar surface area (TPSA) is 83.8 Å². The molecule has 5 fully saturated rings. The van der Waals surface area contributed by atoms with Crippen LogP contribution in [0.4, 0.5) is 0 Å². The van der Waals surface area contributed by atoms with Crippen LogP contribution in [0.3, 0.4) is 0 Å². The smallest absolute Gasteiger partial charge is 0.243 e. The van der Waals surface area contributed by atoms with Gasteiger partial charge >= 0.3 is 0 Å². The fourth-order valence-corrected chi connectivity index (χ4v) is 8.53.